The fraction of sp³-hybridized carbons (Fsp3) is 0.333. The van der Waals surface area contributed by atoms with E-state index < -0.39 is 5.77 Å². The van der Waals surface area contributed by atoms with Gasteiger partial charge in [-0.05, 0) is 96.0 Å². The van der Waals surface area contributed by atoms with Crippen molar-refractivity contribution in [2.75, 3.05) is 0 Å². The van der Waals surface area contributed by atoms with E-state index in [4.69, 9.17) is 4.52 Å². The van der Waals surface area contributed by atoms with Crippen LogP contribution in [0.2, 0.25) is 0 Å². The van der Waals surface area contributed by atoms with Gasteiger partial charge in [0, 0.05) is 11.5 Å². The van der Waals surface area contributed by atoms with Crippen LogP contribution in [0.1, 0.15) is 33.4 Å². The summed E-state index contributed by atoms with van der Waals surface area (Å²) in [5.41, 5.74) is 7.42. The van der Waals surface area contributed by atoms with Crippen LogP contribution in [0, 0.1) is 27.7 Å². The van der Waals surface area contributed by atoms with Crippen LogP contribution in [0.5, 0.6) is 5.75 Å². The van der Waals surface area contributed by atoms with Crippen molar-refractivity contribution in [1.82, 2.24) is 0 Å². The maximum absolute atomic E-state index is 13.2. The normalized spacial score (nSPS) is 16.5. The van der Waals surface area contributed by atoms with Crippen LogP contribution >= 0.6 is 28.5 Å². The van der Waals surface area contributed by atoms with Crippen molar-refractivity contribution in [2.24, 2.45) is 0 Å². The molecular formula is C18H21O2PS2. The molecule has 0 amide bonds. The lowest BCUT2D eigenvalue weighted by Crippen LogP contribution is -1.92. The highest BCUT2D eigenvalue weighted by atomic mass is 33.1. The number of rotatable bonds is 2. The molecule has 5 heteroatoms. The zero-order valence-corrected chi connectivity index (χ0v) is 16.4. The summed E-state index contributed by atoms with van der Waals surface area (Å²) in [4.78, 5) is 0. The molecule has 0 saturated heterocycles. The van der Waals surface area contributed by atoms with E-state index in [1.165, 1.54) is 45.0 Å². The van der Waals surface area contributed by atoms with E-state index >= 15 is 0 Å². The van der Waals surface area contributed by atoms with Crippen molar-refractivity contribution >= 4 is 28.5 Å². The van der Waals surface area contributed by atoms with E-state index in [9.17, 15) is 4.57 Å². The Labute approximate surface area is 146 Å². The Hall–Kier alpha value is -0.830. The zero-order valence-electron chi connectivity index (χ0n) is 13.9. The third-order valence-electron chi connectivity index (χ3n) is 3.98. The van der Waals surface area contributed by atoms with E-state index in [-0.39, 0.29) is 0 Å². The number of benzene rings is 2. The maximum Gasteiger partial charge on any atom is 0.360 e. The molecule has 2 aromatic rings. The topological polar surface area (TPSA) is 26.3 Å². The first-order valence-electron chi connectivity index (χ1n) is 7.61. The number of hydrogen-bond acceptors (Lipinski definition) is 4. The second-order valence-corrected chi connectivity index (χ2v) is 13.4. The fourth-order valence-electron chi connectivity index (χ4n) is 2.71. The summed E-state index contributed by atoms with van der Waals surface area (Å²) >= 11 is 2.89. The molecule has 0 radical (unpaired) electrons. The van der Waals surface area contributed by atoms with Gasteiger partial charge in [-0.2, -0.15) is 0 Å². The van der Waals surface area contributed by atoms with Crippen LogP contribution < -0.4 is 4.52 Å². The van der Waals surface area contributed by atoms with Gasteiger partial charge in [0.15, 0.2) is 0 Å². The van der Waals surface area contributed by atoms with Gasteiger partial charge in [0.1, 0.15) is 5.75 Å². The van der Waals surface area contributed by atoms with Gasteiger partial charge < -0.3 is 4.52 Å². The molecule has 122 valence electrons. The first kappa shape index (κ1) is 17.0. The molecule has 1 heterocycles. The Morgan fingerprint density at radius 1 is 0.826 bits per heavy atom. The smallest absolute Gasteiger partial charge is 0.360 e. The molecule has 0 saturated carbocycles. The van der Waals surface area contributed by atoms with Gasteiger partial charge in [-0.15, -0.1) is 0 Å². The summed E-state index contributed by atoms with van der Waals surface area (Å²) in [7, 11) is 0. The zero-order chi connectivity index (χ0) is 16.6. The molecule has 0 aliphatic carbocycles. The van der Waals surface area contributed by atoms with Crippen molar-refractivity contribution in [1.29, 1.82) is 0 Å². The van der Waals surface area contributed by atoms with Crippen LogP contribution in [0.25, 0.3) is 0 Å². The number of fused-ring (bicyclic) bond motifs is 1. The Morgan fingerprint density at radius 3 is 1.78 bits per heavy atom. The average molecular weight is 364 g/mol. The number of hydrogen-bond donors (Lipinski definition) is 0. The number of aryl methyl sites for hydroxylation is 4. The summed E-state index contributed by atoms with van der Waals surface area (Å²) in [5, 5.41) is 0. The molecule has 0 spiro atoms. The molecule has 23 heavy (non-hydrogen) atoms. The highest BCUT2D eigenvalue weighted by Gasteiger charge is 2.30. The monoisotopic (exact) mass is 364 g/mol. The molecule has 0 aromatic heterocycles. The minimum Gasteiger partial charge on any atom is -0.429 e. The van der Waals surface area contributed by atoms with Gasteiger partial charge >= 0.3 is 5.77 Å². The van der Waals surface area contributed by atoms with Crippen LogP contribution in [0.15, 0.2) is 30.3 Å². The quantitative estimate of drug-likeness (QED) is 0.562. The molecule has 1 aliphatic heterocycles. The SMILES string of the molecule is Cc1cc(C)cc(OP2(=O)SCc3cc(C)c(C)cc3CS2)c1. The molecule has 2 nitrogen and oxygen atoms in total. The van der Waals surface area contributed by atoms with E-state index in [1.807, 2.05) is 26.0 Å². The molecule has 1 aliphatic rings. The van der Waals surface area contributed by atoms with Crippen molar-refractivity contribution in [3.8, 4) is 5.75 Å². The Balaban J connectivity index is 1.83. The molecule has 3 rings (SSSR count). The summed E-state index contributed by atoms with van der Waals surface area (Å²) in [6, 6.07) is 10.5. The van der Waals surface area contributed by atoms with Gasteiger partial charge in [0.05, 0.1) is 0 Å². The van der Waals surface area contributed by atoms with Gasteiger partial charge in [-0.1, -0.05) is 18.2 Å². The van der Waals surface area contributed by atoms with Crippen molar-refractivity contribution in [2.45, 2.75) is 39.2 Å². The maximum atomic E-state index is 13.2. The highest BCUT2D eigenvalue weighted by Crippen LogP contribution is 2.72. The van der Waals surface area contributed by atoms with Crippen LogP contribution in [0.4, 0.5) is 0 Å². The lowest BCUT2D eigenvalue weighted by atomic mass is 10.0. The first-order chi connectivity index (χ1) is 10.8. The predicted molar refractivity (Wildman–Crippen MR) is 103 cm³/mol. The fourth-order valence-corrected chi connectivity index (χ4v) is 8.84. The van der Waals surface area contributed by atoms with Gasteiger partial charge in [-0.25, -0.2) is 0 Å². The van der Waals surface area contributed by atoms with Crippen molar-refractivity contribution in [3.05, 3.63) is 63.7 Å². The molecule has 0 unspecified atom stereocenters. The highest BCUT2D eigenvalue weighted by molar-refractivity contribution is 8.89. The summed E-state index contributed by atoms with van der Waals surface area (Å²) < 4.78 is 19.1. The van der Waals surface area contributed by atoms with E-state index in [0.29, 0.717) is 5.75 Å². The van der Waals surface area contributed by atoms with Crippen LogP contribution in [-0.4, -0.2) is 0 Å². The van der Waals surface area contributed by atoms with Crippen LogP contribution in [0.3, 0.4) is 0 Å². The van der Waals surface area contributed by atoms with Crippen LogP contribution in [-0.2, 0) is 16.1 Å². The van der Waals surface area contributed by atoms with Crippen molar-refractivity contribution < 1.29 is 9.09 Å². The predicted octanol–water partition coefficient (Wildman–Crippen LogP) is 6.59. The lowest BCUT2D eigenvalue weighted by molar-refractivity contribution is 0.515. The minimum atomic E-state index is -2.80. The largest absolute Gasteiger partial charge is 0.429 e. The summed E-state index contributed by atoms with van der Waals surface area (Å²) in [5.74, 6) is -0.603. The molecule has 2 aromatic carbocycles. The van der Waals surface area contributed by atoms with E-state index in [1.54, 1.807) is 0 Å². The molecule has 0 N–H and O–H groups in total. The Morgan fingerprint density at radius 2 is 1.30 bits per heavy atom. The first-order valence-corrected chi connectivity index (χ1v) is 12.4. The third kappa shape index (κ3) is 3.99. The average Bonchev–Trinajstić information content (AvgIpc) is 2.59. The summed E-state index contributed by atoms with van der Waals surface area (Å²) in [6.45, 7) is 8.32. The Bertz CT molecular complexity index is 745. The van der Waals surface area contributed by atoms with E-state index in [0.717, 1.165) is 22.6 Å². The third-order valence-corrected chi connectivity index (χ3v) is 10.9. The Kier molecular flexibility index (Phi) is 4.87. The second-order valence-electron chi connectivity index (χ2n) is 6.11. The van der Waals surface area contributed by atoms with Gasteiger partial charge in [0.25, 0.3) is 0 Å². The molecule has 0 fully saturated rings. The minimum absolute atomic E-state index is 0.712. The molecule has 0 bridgehead atoms. The second kappa shape index (κ2) is 6.58. The van der Waals surface area contributed by atoms with Crippen molar-refractivity contribution in [3.63, 3.8) is 0 Å². The standard InChI is InChI=1S/C18H21O2PS2/c1-12-5-13(2)7-18(6-12)20-21(19)22-10-16-8-14(3)15(4)9-17(16)11-23-21/h5-9H,10-11H2,1-4H3. The summed E-state index contributed by atoms with van der Waals surface area (Å²) in [6.07, 6.45) is 0. The molecule has 0 atom stereocenters. The lowest BCUT2D eigenvalue weighted by Gasteiger charge is -2.16. The van der Waals surface area contributed by atoms with Gasteiger partial charge in [-0.3, -0.25) is 4.57 Å². The van der Waals surface area contributed by atoms with Gasteiger partial charge in [0.2, 0.25) is 0 Å². The van der Waals surface area contributed by atoms with E-state index in [2.05, 4.69) is 32.0 Å². The molecular weight excluding hydrogens is 343 g/mol.